The van der Waals surface area contributed by atoms with Crippen LogP contribution in [0, 0.1) is 0 Å². The van der Waals surface area contributed by atoms with Crippen molar-refractivity contribution in [3.05, 3.63) is 18.2 Å². The summed E-state index contributed by atoms with van der Waals surface area (Å²) in [5, 5.41) is 35.2. The molecule has 6 atom stereocenters. The van der Waals surface area contributed by atoms with Gasteiger partial charge in [-0.25, -0.2) is 9.78 Å². The number of aromatic amines is 1. The van der Waals surface area contributed by atoms with Crippen molar-refractivity contribution >= 4 is 29.6 Å². The highest BCUT2D eigenvalue weighted by Crippen LogP contribution is 2.04. The van der Waals surface area contributed by atoms with Gasteiger partial charge in [-0.1, -0.05) is 0 Å². The molecule has 1 heterocycles. The third-order valence-corrected chi connectivity index (χ3v) is 4.48. The van der Waals surface area contributed by atoms with E-state index in [-0.39, 0.29) is 6.42 Å². The van der Waals surface area contributed by atoms with Gasteiger partial charge in [0.05, 0.1) is 31.0 Å². The minimum atomic E-state index is -1.69. The fourth-order valence-electron chi connectivity index (χ4n) is 2.70. The summed E-state index contributed by atoms with van der Waals surface area (Å²) in [6.45, 7) is 2.31. The molecule has 0 bridgehead atoms. The fraction of sp³-hybridized carbons (Fsp3) is 0.556. The Labute approximate surface area is 188 Å². The maximum absolute atomic E-state index is 12.9. The highest BCUT2D eigenvalue weighted by Gasteiger charge is 2.34. The second kappa shape index (κ2) is 12.5. The maximum Gasteiger partial charge on any atom is 0.328 e. The first-order valence-electron chi connectivity index (χ1n) is 9.84. The lowest BCUT2D eigenvalue weighted by molar-refractivity contribution is -0.146. The zero-order valence-electron chi connectivity index (χ0n) is 18.0. The summed E-state index contributed by atoms with van der Waals surface area (Å²) < 4.78 is 0. The topological polar surface area (TPSA) is 263 Å². The number of nitrogens with one attached hydrogen (secondary N) is 4. The summed E-state index contributed by atoms with van der Waals surface area (Å²) in [6.07, 6.45) is -0.818. The highest BCUT2D eigenvalue weighted by molar-refractivity contribution is 5.95. The number of carboxylic acids is 1. The number of aliphatic hydroxyl groups excluding tert-OH is 2. The van der Waals surface area contributed by atoms with Crippen molar-refractivity contribution in [3.63, 3.8) is 0 Å². The summed E-state index contributed by atoms with van der Waals surface area (Å²) in [5.74, 6) is -5.23. The summed E-state index contributed by atoms with van der Waals surface area (Å²) in [7, 11) is 0. The van der Waals surface area contributed by atoms with Crippen LogP contribution in [0.2, 0.25) is 0 Å². The van der Waals surface area contributed by atoms with Crippen molar-refractivity contribution in [3.8, 4) is 0 Å². The fourth-order valence-corrected chi connectivity index (χ4v) is 2.70. The number of aromatic nitrogens is 2. The van der Waals surface area contributed by atoms with Gasteiger partial charge in [0, 0.05) is 18.3 Å². The molecule has 1 aromatic rings. The van der Waals surface area contributed by atoms with Gasteiger partial charge < -0.3 is 47.7 Å². The lowest BCUT2D eigenvalue weighted by Gasteiger charge is -2.27. The Hall–Kier alpha value is -3.56. The third kappa shape index (κ3) is 8.83. The van der Waals surface area contributed by atoms with E-state index in [9.17, 15) is 34.2 Å². The van der Waals surface area contributed by atoms with Gasteiger partial charge in [0.1, 0.15) is 12.1 Å². The smallest absolute Gasteiger partial charge is 0.328 e. The Kier molecular flexibility index (Phi) is 10.4. The van der Waals surface area contributed by atoms with Crippen LogP contribution in [0.15, 0.2) is 12.5 Å². The average molecular weight is 471 g/mol. The molecular weight excluding hydrogens is 442 g/mol. The number of primary amides is 1. The largest absolute Gasteiger partial charge is 0.480 e. The van der Waals surface area contributed by atoms with E-state index in [0.717, 1.165) is 6.92 Å². The van der Waals surface area contributed by atoms with Gasteiger partial charge in [0.2, 0.25) is 23.6 Å². The molecule has 0 aliphatic heterocycles. The van der Waals surface area contributed by atoms with Crippen LogP contribution < -0.4 is 27.4 Å². The van der Waals surface area contributed by atoms with E-state index in [2.05, 4.69) is 20.6 Å². The Morgan fingerprint density at radius 2 is 1.58 bits per heavy atom. The number of carbonyl (C=O) groups is 5. The van der Waals surface area contributed by atoms with E-state index in [1.165, 1.54) is 19.4 Å². The minimum Gasteiger partial charge on any atom is -0.480 e. The molecule has 0 spiro atoms. The molecule has 33 heavy (non-hydrogen) atoms. The molecule has 184 valence electrons. The van der Waals surface area contributed by atoms with Gasteiger partial charge in [-0.2, -0.15) is 0 Å². The highest BCUT2D eigenvalue weighted by atomic mass is 16.4. The van der Waals surface area contributed by atoms with Gasteiger partial charge in [-0.15, -0.1) is 0 Å². The number of hydrogen-bond donors (Lipinski definition) is 9. The SMILES string of the molecule is CC(O)C(NC(=O)C(NC(=O)C(Cc1cnc[nH]1)NC(=O)C(N)CC(N)=O)C(C)O)C(=O)O. The molecule has 0 radical (unpaired) electrons. The molecule has 0 saturated heterocycles. The van der Waals surface area contributed by atoms with Crippen molar-refractivity contribution in [2.75, 3.05) is 0 Å². The van der Waals surface area contributed by atoms with E-state index in [4.69, 9.17) is 16.6 Å². The molecule has 15 nitrogen and oxygen atoms in total. The third-order valence-electron chi connectivity index (χ3n) is 4.48. The Balaban J connectivity index is 3.03. The molecule has 0 saturated carbocycles. The van der Waals surface area contributed by atoms with Crippen molar-refractivity contribution in [1.29, 1.82) is 0 Å². The lowest BCUT2D eigenvalue weighted by Crippen LogP contribution is -2.61. The normalized spacial score (nSPS) is 16.4. The van der Waals surface area contributed by atoms with Crippen LogP contribution in [-0.4, -0.2) is 91.3 Å². The first-order valence-corrected chi connectivity index (χ1v) is 9.84. The summed E-state index contributed by atoms with van der Waals surface area (Å²) in [6, 6.07) is -5.97. The Morgan fingerprint density at radius 1 is 1.00 bits per heavy atom. The molecule has 1 rings (SSSR count). The van der Waals surface area contributed by atoms with Gasteiger partial charge in [0.15, 0.2) is 6.04 Å². The van der Waals surface area contributed by atoms with E-state index >= 15 is 0 Å². The van der Waals surface area contributed by atoms with Gasteiger partial charge in [-0.3, -0.25) is 19.2 Å². The number of H-pyrrole nitrogens is 1. The molecule has 15 heteroatoms. The number of aliphatic hydroxyl groups is 2. The van der Waals surface area contributed by atoms with E-state index < -0.39 is 72.4 Å². The number of rotatable bonds is 13. The number of nitrogens with zero attached hydrogens (tertiary/aromatic N) is 1. The number of nitrogens with two attached hydrogens (primary N) is 2. The predicted octanol–water partition coefficient (Wildman–Crippen LogP) is -4.54. The van der Waals surface area contributed by atoms with Gasteiger partial charge >= 0.3 is 5.97 Å². The molecule has 0 aliphatic rings. The number of carbonyl (C=O) groups excluding carboxylic acids is 4. The van der Waals surface area contributed by atoms with Crippen molar-refractivity contribution < 1.29 is 39.3 Å². The van der Waals surface area contributed by atoms with Crippen LogP contribution in [0.4, 0.5) is 0 Å². The number of imidazole rings is 1. The predicted molar refractivity (Wildman–Crippen MR) is 111 cm³/mol. The molecular formula is C18H29N7O8. The van der Waals surface area contributed by atoms with E-state index in [1.807, 2.05) is 5.32 Å². The van der Waals surface area contributed by atoms with Crippen LogP contribution in [-0.2, 0) is 30.4 Å². The van der Waals surface area contributed by atoms with E-state index in [1.54, 1.807) is 0 Å². The number of hydrogen-bond acceptors (Lipinski definition) is 9. The second-order valence-electron chi connectivity index (χ2n) is 7.41. The molecule has 6 unspecified atom stereocenters. The standard InChI is InChI=1S/C18H29N7O8/c1-7(26)13(17(31)25-14(8(2)27)18(32)33)24-16(30)11(3-9-5-21-6-22-9)23-15(29)10(19)4-12(20)28/h5-8,10-11,13-14,26-27H,3-4,19H2,1-2H3,(H2,20,28)(H,21,22)(H,23,29)(H,24,30)(H,25,31)(H,32,33). The number of carboxylic acid groups (broad SMARTS) is 1. The van der Waals surface area contributed by atoms with Crippen LogP contribution in [0.25, 0.3) is 0 Å². The summed E-state index contributed by atoms with van der Waals surface area (Å²) >= 11 is 0. The number of aliphatic carboxylic acids is 1. The molecule has 11 N–H and O–H groups in total. The van der Waals surface area contributed by atoms with Gasteiger partial charge in [0.25, 0.3) is 0 Å². The number of amides is 4. The minimum absolute atomic E-state index is 0.125. The Morgan fingerprint density at radius 3 is 2.03 bits per heavy atom. The Bertz CT molecular complexity index is 843. The molecule has 4 amide bonds. The van der Waals surface area contributed by atoms with Crippen molar-refractivity contribution in [1.82, 2.24) is 25.9 Å². The average Bonchev–Trinajstić information content (AvgIpc) is 3.21. The maximum atomic E-state index is 12.9. The first kappa shape index (κ1) is 27.5. The van der Waals surface area contributed by atoms with Crippen molar-refractivity contribution in [2.24, 2.45) is 11.5 Å². The summed E-state index contributed by atoms with van der Waals surface area (Å²) in [4.78, 5) is 66.4. The zero-order valence-corrected chi connectivity index (χ0v) is 18.0. The summed E-state index contributed by atoms with van der Waals surface area (Å²) in [5.41, 5.74) is 11.1. The second-order valence-corrected chi connectivity index (χ2v) is 7.41. The van der Waals surface area contributed by atoms with Crippen molar-refractivity contribution in [2.45, 2.75) is 63.1 Å². The molecule has 0 fully saturated rings. The van der Waals surface area contributed by atoms with Gasteiger partial charge in [-0.05, 0) is 13.8 Å². The van der Waals surface area contributed by atoms with Crippen LogP contribution in [0.5, 0.6) is 0 Å². The van der Waals surface area contributed by atoms with Crippen LogP contribution in [0.3, 0.4) is 0 Å². The van der Waals surface area contributed by atoms with E-state index in [0.29, 0.717) is 5.69 Å². The monoisotopic (exact) mass is 471 g/mol. The molecule has 0 aliphatic carbocycles. The molecule has 1 aromatic heterocycles. The first-order chi connectivity index (χ1) is 15.3. The molecule has 0 aromatic carbocycles. The van der Waals surface area contributed by atoms with Crippen LogP contribution >= 0.6 is 0 Å². The quantitative estimate of drug-likeness (QED) is 0.133. The zero-order chi connectivity index (χ0) is 25.3. The lowest BCUT2D eigenvalue weighted by atomic mass is 10.1. The van der Waals surface area contributed by atoms with Crippen LogP contribution in [0.1, 0.15) is 26.0 Å².